The minimum absolute atomic E-state index is 0.223. The van der Waals surface area contributed by atoms with Gasteiger partial charge in [0.25, 0.3) is 0 Å². The van der Waals surface area contributed by atoms with E-state index in [0.717, 1.165) is 0 Å². The molecule has 0 radical (unpaired) electrons. The Morgan fingerprint density at radius 2 is 1.00 bits per heavy atom. The highest BCUT2D eigenvalue weighted by atomic mass is 32.4. The lowest BCUT2D eigenvalue weighted by Gasteiger charge is -2.44. The second-order valence-corrected chi connectivity index (χ2v) is 26.3. The van der Waals surface area contributed by atoms with Crippen LogP contribution in [0.3, 0.4) is 0 Å². The molecule has 2 aromatic carbocycles. The average Bonchev–Trinajstić information content (AvgIpc) is 2.54. The molecule has 0 aliphatic carbocycles. The zero-order valence-electron chi connectivity index (χ0n) is 17.5. The molecule has 0 fully saturated rings. The SMILES string of the molecule is CC(C)(C)P(=S)(C[Si](C)(C)c1ccccc1)C[Si](C)(C)c1ccccc1. The molecule has 0 aromatic heterocycles. The summed E-state index contributed by atoms with van der Waals surface area (Å²) in [6.45, 7) is 17.3. The summed E-state index contributed by atoms with van der Waals surface area (Å²) in [5.41, 5.74) is 0. The van der Waals surface area contributed by atoms with Crippen LogP contribution in [-0.4, -0.2) is 32.9 Å². The first-order valence-electron chi connectivity index (χ1n) is 9.57. The fraction of sp³-hybridized carbons (Fsp3) is 0.455. The van der Waals surface area contributed by atoms with Gasteiger partial charge in [-0.1, -0.05) is 130 Å². The Labute approximate surface area is 168 Å². The molecule has 0 N–H and O–H groups in total. The first-order chi connectivity index (χ1) is 11.9. The highest BCUT2D eigenvalue weighted by Crippen LogP contribution is 2.60. The third kappa shape index (κ3) is 5.07. The van der Waals surface area contributed by atoms with Crippen molar-refractivity contribution < 1.29 is 0 Å². The van der Waals surface area contributed by atoms with Crippen LogP contribution < -0.4 is 10.4 Å². The summed E-state index contributed by atoms with van der Waals surface area (Å²) in [4.78, 5) is 0. The summed E-state index contributed by atoms with van der Waals surface area (Å²) in [6.07, 6.45) is 0. The number of rotatable bonds is 6. The fourth-order valence-corrected chi connectivity index (χ4v) is 28.7. The van der Waals surface area contributed by atoms with E-state index in [1.165, 1.54) is 11.6 Å². The summed E-state index contributed by atoms with van der Waals surface area (Å²) >= 11 is 6.62. The molecule has 0 heterocycles. The van der Waals surface area contributed by atoms with Gasteiger partial charge in [-0.2, -0.15) is 0 Å². The molecule has 0 saturated heterocycles. The second kappa shape index (κ2) is 7.87. The van der Waals surface area contributed by atoms with Gasteiger partial charge in [-0.25, -0.2) is 0 Å². The summed E-state index contributed by atoms with van der Waals surface area (Å²) in [5, 5.41) is 3.33. The van der Waals surface area contributed by atoms with Gasteiger partial charge in [-0.15, -0.1) is 0 Å². The van der Waals surface area contributed by atoms with Gasteiger partial charge >= 0.3 is 0 Å². The van der Waals surface area contributed by atoms with E-state index in [9.17, 15) is 0 Å². The third-order valence-electron chi connectivity index (χ3n) is 5.63. The van der Waals surface area contributed by atoms with Gasteiger partial charge in [0, 0.05) is 0 Å². The van der Waals surface area contributed by atoms with Crippen molar-refractivity contribution in [1.82, 2.24) is 0 Å². The van der Waals surface area contributed by atoms with Crippen LogP contribution in [0, 0.1) is 0 Å². The normalized spacial score (nSPS) is 13.7. The average molecular weight is 419 g/mol. The van der Waals surface area contributed by atoms with E-state index in [4.69, 9.17) is 11.8 Å². The van der Waals surface area contributed by atoms with E-state index in [-0.39, 0.29) is 5.16 Å². The molecule has 26 heavy (non-hydrogen) atoms. The number of benzene rings is 2. The van der Waals surface area contributed by atoms with E-state index in [2.05, 4.69) is 108 Å². The number of hydrogen-bond acceptors (Lipinski definition) is 1. The molecule has 0 unspecified atom stereocenters. The van der Waals surface area contributed by atoms with Crippen molar-refractivity contribution in [1.29, 1.82) is 0 Å². The van der Waals surface area contributed by atoms with Crippen LogP contribution in [0.4, 0.5) is 0 Å². The first kappa shape index (κ1) is 21.8. The quantitative estimate of drug-likeness (QED) is 0.436. The van der Waals surface area contributed by atoms with Crippen LogP contribution >= 0.6 is 6.04 Å². The van der Waals surface area contributed by atoms with Crippen LogP contribution in [0.15, 0.2) is 60.7 Å². The first-order valence-corrected chi connectivity index (χ1v) is 19.2. The Kier molecular flexibility index (Phi) is 6.61. The molecule has 2 rings (SSSR count). The van der Waals surface area contributed by atoms with Crippen LogP contribution in [-0.2, 0) is 11.8 Å². The smallest absolute Gasteiger partial charge is 0.0855 e. The van der Waals surface area contributed by atoms with Crippen LogP contribution in [0.5, 0.6) is 0 Å². The predicted molar refractivity (Wildman–Crippen MR) is 131 cm³/mol. The Bertz CT molecular complexity index is 704. The molecule has 0 nitrogen and oxygen atoms in total. The standard InChI is InChI=1S/C22H35PSSi2/c1-22(2,3)23(24,18-25(4,5)20-14-10-8-11-15-20)19-26(6,7)21-16-12-9-13-17-21/h8-17H,18-19H2,1-7H3. The molecule has 0 saturated carbocycles. The van der Waals surface area contributed by atoms with Crippen molar-refractivity contribution in [2.45, 2.75) is 52.1 Å². The lowest BCUT2D eigenvalue weighted by Crippen LogP contribution is -2.51. The van der Waals surface area contributed by atoms with Gasteiger partial charge in [0.05, 0.1) is 16.1 Å². The predicted octanol–water partition coefficient (Wildman–Crippen LogP) is 5.57. The summed E-state index contributed by atoms with van der Waals surface area (Å²) < 4.78 is 0. The third-order valence-corrected chi connectivity index (χ3v) is 26.3. The Morgan fingerprint density at radius 1 is 0.692 bits per heavy atom. The molecule has 0 amide bonds. The van der Waals surface area contributed by atoms with E-state index >= 15 is 0 Å². The molecule has 0 aliphatic heterocycles. The van der Waals surface area contributed by atoms with Gasteiger partial charge in [-0.05, 0) is 22.8 Å². The van der Waals surface area contributed by atoms with E-state index in [1.54, 1.807) is 10.4 Å². The van der Waals surface area contributed by atoms with Crippen LogP contribution in [0.25, 0.3) is 0 Å². The molecule has 0 spiro atoms. The van der Waals surface area contributed by atoms with Gasteiger partial charge < -0.3 is 0 Å². The molecule has 4 heteroatoms. The molecule has 142 valence electrons. The van der Waals surface area contributed by atoms with Gasteiger partial charge in [0.15, 0.2) is 0 Å². The highest BCUT2D eigenvalue weighted by Gasteiger charge is 2.42. The van der Waals surface area contributed by atoms with E-state index < -0.39 is 22.2 Å². The topological polar surface area (TPSA) is 0 Å². The van der Waals surface area contributed by atoms with Crippen molar-refractivity contribution in [2.75, 3.05) is 11.6 Å². The maximum atomic E-state index is 6.62. The van der Waals surface area contributed by atoms with Crippen molar-refractivity contribution in [3.8, 4) is 0 Å². The van der Waals surface area contributed by atoms with E-state index in [1.807, 2.05) is 0 Å². The molecular weight excluding hydrogens is 383 g/mol. The number of hydrogen-bond donors (Lipinski definition) is 0. The molecule has 0 aliphatic rings. The van der Waals surface area contributed by atoms with Gasteiger partial charge in [0.2, 0.25) is 0 Å². The maximum absolute atomic E-state index is 6.62. The summed E-state index contributed by atoms with van der Waals surface area (Å²) in [6, 6.07) is 20.8. The van der Waals surface area contributed by atoms with E-state index in [0.29, 0.717) is 0 Å². The van der Waals surface area contributed by atoms with Crippen molar-refractivity contribution >= 4 is 44.4 Å². The molecular formula is C22H35PSSi2. The van der Waals surface area contributed by atoms with Crippen LogP contribution in [0.1, 0.15) is 20.8 Å². The molecule has 0 bridgehead atoms. The summed E-state index contributed by atoms with van der Waals surface area (Å²) in [5.74, 6) is 2.54. The summed E-state index contributed by atoms with van der Waals surface area (Å²) in [7, 11) is -3.12. The Hall–Kier alpha value is -0.476. The Morgan fingerprint density at radius 3 is 1.27 bits per heavy atom. The minimum atomic E-state index is -1.56. The Balaban J connectivity index is 2.39. The lowest BCUT2D eigenvalue weighted by atomic mass is 10.3. The highest BCUT2D eigenvalue weighted by molar-refractivity contribution is 8.17. The largest absolute Gasteiger partial charge is 0.0975 e. The zero-order valence-corrected chi connectivity index (χ0v) is 21.3. The van der Waals surface area contributed by atoms with Crippen molar-refractivity contribution in [2.24, 2.45) is 0 Å². The molecule has 2 aromatic rings. The second-order valence-electron chi connectivity index (χ2n) is 9.88. The monoisotopic (exact) mass is 418 g/mol. The van der Waals surface area contributed by atoms with Crippen molar-refractivity contribution in [3.63, 3.8) is 0 Å². The van der Waals surface area contributed by atoms with Gasteiger partial charge in [-0.3, -0.25) is 0 Å². The lowest BCUT2D eigenvalue weighted by molar-refractivity contribution is 0.784. The van der Waals surface area contributed by atoms with Crippen molar-refractivity contribution in [3.05, 3.63) is 60.7 Å². The molecule has 0 atom stereocenters. The maximum Gasteiger partial charge on any atom is 0.0855 e. The zero-order chi connectivity index (χ0) is 19.6. The fourth-order valence-electron chi connectivity index (χ4n) is 3.77. The minimum Gasteiger partial charge on any atom is -0.0975 e. The van der Waals surface area contributed by atoms with Crippen LogP contribution in [0.2, 0.25) is 26.2 Å². The van der Waals surface area contributed by atoms with Gasteiger partial charge in [0.1, 0.15) is 0 Å².